The third-order valence-corrected chi connectivity index (χ3v) is 3.66. The van der Waals surface area contributed by atoms with Crippen molar-refractivity contribution in [3.8, 4) is 5.75 Å². The summed E-state index contributed by atoms with van der Waals surface area (Å²) >= 11 is 7.76. The highest BCUT2D eigenvalue weighted by Crippen LogP contribution is 2.16. The smallest absolute Gasteiger partial charge is 0.119 e. The van der Waals surface area contributed by atoms with E-state index in [1.807, 2.05) is 36.0 Å². The number of benzene rings is 1. The zero-order valence-corrected chi connectivity index (χ0v) is 11.6. The number of hydrogen-bond donors (Lipinski definition) is 1. The van der Waals surface area contributed by atoms with Gasteiger partial charge in [0, 0.05) is 5.02 Å². The van der Waals surface area contributed by atoms with Crippen LogP contribution < -0.4 is 10.5 Å². The van der Waals surface area contributed by atoms with Crippen molar-refractivity contribution in [1.82, 2.24) is 0 Å². The van der Waals surface area contributed by atoms with Crippen molar-refractivity contribution in [2.75, 3.05) is 24.7 Å². The molecule has 4 heteroatoms. The van der Waals surface area contributed by atoms with Crippen molar-refractivity contribution in [2.24, 2.45) is 5.73 Å². The van der Waals surface area contributed by atoms with Gasteiger partial charge in [-0.1, -0.05) is 11.6 Å². The Morgan fingerprint density at radius 3 is 2.47 bits per heavy atom. The van der Waals surface area contributed by atoms with E-state index in [1.165, 1.54) is 17.9 Å². The molecule has 0 spiro atoms. The molecule has 0 saturated heterocycles. The maximum atomic E-state index is 5.79. The van der Waals surface area contributed by atoms with Gasteiger partial charge in [0.05, 0.1) is 6.61 Å². The lowest BCUT2D eigenvalue weighted by Crippen LogP contribution is -2.00. The molecule has 0 aliphatic carbocycles. The summed E-state index contributed by atoms with van der Waals surface area (Å²) in [6.45, 7) is 1.58. The lowest BCUT2D eigenvalue weighted by atomic mass is 10.3. The zero-order valence-electron chi connectivity index (χ0n) is 10.0. The van der Waals surface area contributed by atoms with Gasteiger partial charge in [-0.25, -0.2) is 0 Å². The number of thioether (sulfide) groups is 1. The number of rotatable bonds is 9. The first-order chi connectivity index (χ1) is 8.33. The molecule has 0 heterocycles. The molecule has 0 aliphatic heterocycles. The van der Waals surface area contributed by atoms with E-state index in [4.69, 9.17) is 22.1 Å². The molecule has 0 amide bonds. The molecule has 0 aliphatic rings. The molecule has 17 heavy (non-hydrogen) atoms. The minimum Gasteiger partial charge on any atom is -0.494 e. The Bertz CT molecular complexity index is 292. The Balaban J connectivity index is 1.95. The van der Waals surface area contributed by atoms with Gasteiger partial charge in [0.15, 0.2) is 0 Å². The summed E-state index contributed by atoms with van der Waals surface area (Å²) in [6, 6.07) is 7.50. The van der Waals surface area contributed by atoms with E-state index in [0.29, 0.717) is 0 Å². The van der Waals surface area contributed by atoms with Crippen LogP contribution in [0.25, 0.3) is 0 Å². The summed E-state index contributed by atoms with van der Waals surface area (Å²) in [5.41, 5.74) is 5.42. The van der Waals surface area contributed by atoms with Crippen LogP contribution in [0, 0.1) is 0 Å². The van der Waals surface area contributed by atoms with Crippen molar-refractivity contribution in [2.45, 2.75) is 19.3 Å². The van der Waals surface area contributed by atoms with Crippen LogP contribution in [0.3, 0.4) is 0 Å². The fourth-order valence-corrected chi connectivity index (χ4v) is 2.42. The highest BCUT2D eigenvalue weighted by Gasteiger charge is 1.94. The summed E-state index contributed by atoms with van der Waals surface area (Å²) in [6.07, 6.45) is 3.41. The summed E-state index contributed by atoms with van der Waals surface area (Å²) < 4.78 is 5.60. The van der Waals surface area contributed by atoms with Crippen LogP contribution >= 0.6 is 23.4 Å². The Kier molecular flexibility index (Phi) is 8.32. The van der Waals surface area contributed by atoms with Gasteiger partial charge in [-0.3, -0.25) is 0 Å². The minimum atomic E-state index is 0.744. The van der Waals surface area contributed by atoms with Gasteiger partial charge >= 0.3 is 0 Å². The van der Waals surface area contributed by atoms with Crippen LogP contribution in [0.4, 0.5) is 0 Å². The van der Waals surface area contributed by atoms with Gasteiger partial charge in [-0.15, -0.1) is 0 Å². The highest BCUT2D eigenvalue weighted by molar-refractivity contribution is 7.99. The molecule has 0 radical (unpaired) electrons. The average Bonchev–Trinajstić information content (AvgIpc) is 2.35. The van der Waals surface area contributed by atoms with Crippen molar-refractivity contribution < 1.29 is 4.74 Å². The lowest BCUT2D eigenvalue weighted by molar-refractivity contribution is 0.310. The van der Waals surface area contributed by atoms with Crippen LogP contribution in [-0.2, 0) is 0 Å². The molecule has 2 nitrogen and oxygen atoms in total. The van der Waals surface area contributed by atoms with Crippen LogP contribution in [-0.4, -0.2) is 24.7 Å². The molecule has 0 saturated carbocycles. The third-order valence-electron chi connectivity index (χ3n) is 2.26. The number of nitrogens with two attached hydrogens (primary N) is 1. The topological polar surface area (TPSA) is 35.2 Å². The van der Waals surface area contributed by atoms with Crippen LogP contribution in [0.2, 0.25) is 5.02 Å². The zero-order chi connectivity index (χ0) is 12.3. The summed E-state index contributed by atoms with van der Waals surface area (Å²) in [7, 11) is 0. The average molecular weight is 274 g/mol. The molecular formula is C13H20ClNOS. The maximum absolute atomic E-state index is 5.79. The number of unbranched alkanes of at least 4 members (excludes halogenated alkanes) is 1. The minimum absolute atomic E-state index is 0.744. The van der Waals surface area contributed by atoms with E-state index in [9.17, 15) is 0 Å². The molecule has 0 fully saturated rings. The molecular weight excluding hydrogens is 254 g/mol. The quantitative estimate of drug-likeness (QED) is 0.699. The second-order valence-electron chi connectivity index (χ2n) is 3.76. The maximum Gasteiger partial charge on any atom is 0.119 e. The van der Waals surface area contributed by atoms with E-state index < -0.39 is 0 Å². The molecule has 0 unspecified atom stereocenters. The normalized spacial score (nSPS) is 10.5. The van der Waals surface area contributed by atoms with E-state index in [2.05, 4.69) is 0 Å². The van der Waals surface area contributed by atoms with E-state index in [1.54, 1.807) is 0 Å². The molecule has 0 bridgehead atoms. The van der Waals surface area contributed by atoms with Crippen LogP contribution in [0.15, 0.2) is 24.3 Å². The first kappa shape index (κ1) is 14.7. The number of hydrogen-bond acceptors (Lipinski definition) is 3. The summed E-state index contributed by atoms with van der Waals surface area (Å²) in [5, 5.41) is 0.744. The Hall–Kier alpha value is -0.380. The fraction of sp³-hybridized carbons (Fsp3) is 0.538. The monoisotopic (exact) mass is 273 g/mol. The fourth-order valence-electron chi connectivity index (χ4n) is 1.31. The van der Waals surface area contributed by atoms with E-state index in [0.717, 1.165) is 36.8 Å². The van der Waals surface area contributed by atoms with Gasteiger partial charge in [-0.2, -0.15) is 11.8 Å². The Morgan fingerprint density at radius 2 is 1.76 bits per heavy atom. The predicted octanol–water partition coefficient (Wildman–Crippen LogP) is 3.58. The Labute approximate surface area is 113 Å². The molecule has 0 aromatic heterocycles. The second kappa shape index (κ2) is 9.63. The van der Waals surface area contributed by atoms with Crippen molar-refractivity contribution in [3.63, 3.8) is 0 Å². The van der Waals surface area contributed by atoms with Crippen molar-refractivity contribution in [1.29, 1.82) is 0 Å². The molecule has 0 atom stereocenters. The molecule has 1 aromatic carbocycles. The highest BCUT2D eigenvalue weighted by atomic mass is 35.5. The van der Waals surface area contributed by atoms with Gasteiger partial charge in [-0.05, 0) is 61.6 Å². The Morgan fingerprint density at radius 1 is 1.06 bits per heavy atom. The standard InChI is InChI=1S/C13H20ClNOS/c14-12-4-6-13(7-5-12)16-9-1-2-10-17-11-3-8-15/h4-7H,1-3,8-11,15H2. The first-order valence-electron chi connectivity index (χ1n) is 5.99. The number of halogens is 1. The van der Waals surface area contributed by atoms with Gasteiger partial charge in [0.2, 0.25) is 0 Å². The van der Waals surface area contributed by atoms with Crippen molar-refractivity contribution in [3.05, 3.63) is 29.3 Å². The third kappa shape index (κ3) is 7.53. The summed E-state index contributed by atoms with van der Waals surface area (Å²) in [4.78, 5) is 0. The predicted molar refractivity (Wildman–Crippen MR) is 77.2 cm³/mol. The largest absolute Gasteiger partial charge is 0.494 e. The lowest BCUT2D eigenvalue weighted by Gasteiger charge is -2.05. The van der Waals surface area contributed by atoms with Gasteiger partial charge < -0.3 is 10.5 Å². The number of ether oxygens (including phenoxy) is 1. The van der Waals surface area contributed by atoms with Gasteiger partial charge in [0.1, 0.15) is 5.75 Å². The molecule has 96 valence electrons. The second-order valence-corrected chi connectivity index (χ2v) is 5.43. The SMILES string of the molecule is NCCCSCCCCOc1ccc(Cl)cc1. The molecule has 1 aromatic rings. The summed E-state index contributed by atoms with van der Waals surface area (Å²) in [5.74, 6) is 3.27. The first-order valence-corrected chi connectivity index (χ1v) is 7.52. The van der Waals surface area contributed by atoms with E-state index in [-0.39, 0.29) is 0 Å². The van der Waals surface area contributed by atoms with Gasteiger partial charge in [0.25, 0.3) is 0 Å². The van der Waals surface area contributed by atoms with E-state index >= 15 is 0 Å². The molecule has 1 rings (SSSR count). The van der Waals surface area contributed by atoms with Crippen molar-refractivity contribution >= 4 is 23.4 Å². The van der Waals surface area contributed by atoms with Crippen LogP contribution in [0.5, 0.6) is 5.75 Å². The molecule has 2 N–H and O–H groups in total. The van der Waals surface area contributed by atoms with Crippen LogP contribution in [0.1, 0.15) is 19.3 Å².